The van der Waals surface area contributed by atoms with E-state index in [-0.39, 0.29) is 0 Å². The second-order valence-electron chi connectivity index (χ2n) is 2.60. The number of hydrogen-bond donors (Lipinski definition) is 0. The van der Waals surface area contributed by atoms with E-state index >= 15 is 0 Å². The highest BCUT2D eigenvalue weighted by atomic mass is 16.5. The standard InChI is InChI=1S/C9H8N2O/c1-6-5-12-9(4-11)8(3-10)7(6)2/h5,9H,1-2H3. The number of nitriles is 2. The second kappa shape index (κ2) is 3.11. The zero-order valence-corrected chi connectivity index (χ0v) is 6.96. The van der Waals surface area contributed by atoms with E-state index in [4.69, 9.17) is 15.3 Å². The number of nitrogens with zero attached hydrogens (tertiary/aromatic N) is 2. The molecule has 0 amide bonds. The van der Waals surface area contributed by atoms with E-state index in [2.05, 4.69) is 0 Å². The largest absolute Gasteiger partial charge is 0.477 e. The Labute approximate surface area is 71.2 Å². The molecule has 0 saturated carbocycles. The molecular formula is C9H8N2O. The Morgan fingerprint density at radius 2 is 2.08 bits per heavy atom. The van der Waals surface area contributed by atoms with Crippen LogP contribution in [0.25, 0.3) is 0 Å². The molecule has 0 bridgehead atoms. The third kappa shape index (κ3) is 1.17. The van der Waals surface area contributed by atoms with Crippen LogP contribution in [0.15, 0.2) is 23.0 Å². The summed E-state index contributed by atoms with van der Waals surface area (Å²) in [6.45, 7) is 3.66. The van der Waals surface area contributed by atoms with Crippen LogP contribution in [-0.4, -0.2) is 6.10 Å². The molecule has 0 radical (unpaired) electrons. The lowest BCUT2D eigenvalue weighted by molar-refractivity contribution is 0.218. The number of allylic oxidation sites excluding steroid dienone is 2. The summed E-state index contributed by atoms with van der Waals surface area (Å²) < 4.78 is 5.01. The molecule has 3 nitrogen and oxygen atoms in total. The zero-order chi connectivity index (χ0) is 9.14. The van der Waals surface area contributed by atoms with Crippen molar-refractivity contribution in [1.29, 1.82) is 10.5 Å². The Morgan fingerprint density at radius 3 is 2.58 bits per heavy atom. The zero-order valence-electron chi connectivity index (χ0n) is 6.96. The van der Waals surface area contributed by atoms with Gasteiger partial charge in [0.2, 0.25) is 6.10 Å². The third-order valence-electron chi connectivity index (χ3n) is 1.88. The van der Waals surface area contributed by atoms with E-state index < -0.39 is 6.10 Å². The van der Waals surface area contributed by atoms with Crippen LogP contribution in [-0.2, 0) is 4.74 Å². The molecule has 0 fully saturated rings. The van der Waals surface area contributed by atoms with Gasteiger partial charge < -0.3 is 4.74 Å². The molecule has 1 rings (SSSR count). The van der Waals surface area contributed by atoms with Gasteiger partial charge in [-0.25, -0.2) is 0 Å². The normalized spacial score (nSPS) is 22.0. The van der Waals surface area contributed by atoms with E-state index in [0.717, 1.165) is 11.1 Å². The summed E-state index contributed by atoms with van der Waals surface area (Å²) in [5.74, 6) is 0. The van der Waals surface area contributed by atoms with E-state index in [0.29, 0.717) is 5.57 Å². The molecule has 0 aromatic rings. The molecule has 1 aliphatic rings. The molecule has 0 aromatic heterocycles. The maximum Gasteiger partial charge on any atom is 0.218 e. The Morgan fingerprint density at radius 1 is 1.42 bits per heavy atom. The van der Waals surface area contributed by atoms with E-state index in [1.807, 2.05) is 26.0 Å². The van der Waals surface area contributed by atoms with Crippen molar-refractivity contribution in [3.05, 3.63) is 23.0 Å². The van der Waals surface area contributed by atoms with Crippen molar-refractivity contribution < 1.29 is 4.74 Å². The smallest absolute Gasteiger partial charge is 0.218 e. The number of ether oxygens (including phenoxy) is 1. The monoisotopic (exact) mass is 160 g/mol. The third-order valence-corrected chi connectivity index (χ3v) is 1.88. The number of rotatable bonds is 0. The van der Waals surface area contributed by atoms with Gasteiger partial charge in [-0.05, 0) is 25.0 Å². The lowest BCUT2D eigenvalue weighted by atomic mass is 9.99. The molecule has 0 N–H and O–H groups in total. The van der Waals surface area contributed by atoms with Crippen LogP contribution in [0.3, 0.4) is 0 Å². The summed E-state index contributed by atoms with van der Waals surface area (Å²) in [6.07, 6.45) is 0.794. The van der Waals surface area contributed by atoms with Crippen LogP contribution in [0.4, 0.5) is 0 Å². The molecule has 0 aromatic carbocycles. The lowest BCUT2D eigenvalue weighted by Gasteiger charge is -2.17. The molecule has 0 saturated heterocycles. The van der Waals surface area contributed by atoms with Gasteiger partial charge in [-0.15, -0.1) is 0 Å². The van der Waals surface area contributed by atoms with Gasteiger partial charge in [0.05, 0.1) is 11.8 Å². The highest BCUT2D eigenvalue weighted by molar-refractivity contribution is 5.45. The molecule has 3 heteroatoms. The summed E-state index contributed by atoms with van der Waals surface area (Å²) in [5.41, 5.74) is 2.16. The molecule has 60 valence electrons. The summed E-state index contributed by atoms with van der Waals surface area (Å²) in [5, 5.41) is 17.3. The minimum absolute atomic E-state index is 0.414. The van der Waals surface area contributed by atoms with Crippen molar-refractivity contribution >= 4 is 0 Å². The van der Waals surface area contributed by atoms with Gasteiger partial charge in [0.1, 0.15) is 12.1 Å². The predicted octanol–water partition coefficient (Wildman–Crippen LogP) is 1.65. The first-order chi connectivity index (χ1) is 5.70. The lowest BCUT2D eigenvalue weighted by Crippen LogP contribution is -2.15. The average molecular weight is 160 g/mol. The van der Waals surface area contributed by atoms with Gasteiger partial charge in [-0.2, -0.15) is 10.5 Å². The maximum atomic E-state index is 8.71. The molecule has 1 aliphatic heterocycles. The Hall–Kier alpha value is -1.74. The molecule has 0 spiro atoms. The van der Waals surface area contributed by atoms with Gasteiger partial charge in [0, 0.05) is 0 Å². The van der Waals surface area contributed by atoms with Crippen molar-refractivity contribution in [3.8, 4) is 12.1 Å². The molecule has 1 heterocycles. The van der Waals surface area contributed by atoms with Gasteiger partial charge >= 0.3 is 0 Å². The summed E-state index contributed by atoms with van der Waals surface area (Å²) in [7, 11) is 0. The minimum atomic E-state index is -0.723. The second-order valence-corrected chi connectivity index (χ2v) is 2.60. The summed E-state index contributed by atoms with van der Waals surface area (Å²) in [4.78, 5) is 0. The highest BCUT2D eigenvalue weighted by Gasteiger charge is 2.21. The predicted molar refractivity (Wildman–Crippen MR) is 42.6 cm³/mol. The van der Waals surface area contributed by atoms with Gasteiger partial charge in [0.15, 0.2) is 0 Å². The van der Waals surface area contributed by atoms with Crippen molar-refractivity contribution in [2.75, 3.05) is 0 Å². The maximum absolute atomic E-state index is 8.71. The van der Waals surface area contributed by atoms with Gasteiger partial charge in [0.25, 0.3) is 0 Å². The van der Waals surface area contributed by atoms with Crippen molar-refractivity contribution in [2.45, 2.75) is 20.0 Å². The fraction of sp³-hybridized carbons (Fsp3) is 0.333. The fourth-order valence-electron chi connectivity index (χ4n) is 0.973. The minimum Gasteiger partial charge on any atom is -0.477 e. The van der Waals surface area contributed by atoms with E-state index in [9.17, 15) is 0 Å². The van der Waals surface area contributed by atoms with Crippen LogP contribution in [0.2, 0.25) is 0 Å². The first-order valence-corrected chi connectivity index (χ1v) is 3.53. The highest BCUT2D eigenvalue weighted by Crippen LogP contribution is 2.23. The molecular weight excluding hydrogens is 152 g/mol. The summed E-state index contributed by atoms with van der Waals surface area (Å²) in [6, 6.07) is 3.89. The molecule has 0 aliphatic carbocycles. The molecule has 12 heavy (non-hydrogen) atoms. The number of hydrogen-bond acceptors (Lipinski definition) is 3. The van der Waals surface area contributed by atoms with E-state index in [1.54, 1.807) is 0 Å². The Bertz CT molecular complexity index is 339. The molecule has 1 atom stereocenters. The van der Waals surface area contributed by atoms with Crippen LogP contribution < -0.4 is 0 Å². The fourth-order valence-corrected chi connectivity index (χ4v) is 0.973. The van der Waals surface area contributed by atoms with Crippen molar-refractivity contribution in [2.24, 2.45) is 0 Å². The topological polar surface area (TPSA) is 56.8 Å². The van der Waals surface area contributed by atoms with Crippen LogP contribution in [0.5, 0.6) is 0 Å². The Balaban J connectivity index is 3.14. The van der Waals surface area contributed by atoms with Crippen molar-refractivity contribution in [1.82, 2.24) is 0 Å². The first kappa shape index (κ1) is 8.36. The Kier molecular flexibility index (Phi) is 2.16. The SMILES string of the molecule is CC1=COC(C#N)C(C#N)=C1C. The average Bonchev–Trinajstić information content (AvgIpc) is 2.09. The van der Waals surface area contributed by atoms with Crippen LogP contribution in [0.1, 0.15) is 13.8 Å². The van der Waals surface area contributed by atoms with Crippen molar-refractivity contribution in [3.63, 3.8) is 0 Å². The molecule has 1 unspecified atom stereocenters. The quantitative estimate of drug-likeness (QED) is 0.541. The summed E-state index contributed by atoms with van der Waals surface area (Å²) >= 11 is 0. The van der Waals surface area contributed by atoms with E-state index in [1.165, 1.54) is 6.26 Å². The van der Waals surface area contributed by atoms with Gasteiger partial charge in [-0.3, -0.25) is 0 Å². The van der Waals surface area contributed by atoms with Gasteiger partial charge in [-0.1, -0.05) is 0 Å². The van der Waals surface area contributed by atoms with Crippen LogP contribution in [0, 0.1) is 22.7 Å². The first-order valence-electron chi connectivity index (χ1n) is 3.53. The van der Waals surface area contributed by atoms with Crippen LogP contribution >= 0.6 is 0 Å².